The van der Waals surface area contributed by atoms with Crippen molar-refractivity contribution in [2.45, 2.75) is 6.42 Å². The number of carboxylic acid groups (broad SMARTS) is 1. The molecule has 0 radical (unpaired) electrons. The summed E-state index contributed by atoms with van der Waals surface area (Å²) in [5.41, 5.74) is 0.443. The number of fused-ring (bicyclic) bond motifs is 1. The van der Waals surface area contributed by atoms with Gasteiger partial charge in [-0.15, -0.1) is 0 Å². The molecule has 1 aromatic rings. The van der Waals surface area contributed by atoms with Crippen LogP contribution < -0.4 is 5.32 Å². The van der Waals surface area contributed by atoms with Crippen LogP contribution in [0.4, 0.5) is 0 Å². The molecule has 2 aliphatic heterocycles. The quantitative estimate of drug-likeness (QED) is 0.783. The van der Waals surface area contributed by atoms with Crippen molar-refractivity contribution in [2.75, 3.05) is 33.4 Å². The van der Waals surface area contributed by atoms with Gasteiger partial charge in [-0.25, -0.2) is 0 Å². The van der Waals surface area contributed by atoms with Crippen LogP contribution in [0, 0.1) is 11.3 Å². The molecule has 0 unspecified atom stereocenters. The molecule has 7 nitrogen and oxygen atoms in total. The minimum absolute atomic E-state index is 0.169. The fourth-order valence-corrected chi connectivity index (χ4v) is 3.63. The first-order valence-corrected chi connectivity index (χ1v) is 8.56. The molecule has 0 aliphatic carbocycles. The predicted molar refractivity (Wildman–Crippen MR) is 94.4 cm³/mol. The van der Waals surface area contributed by atoms with Crippen molar-refractivity contribution in [1.82, 2.24) is 10.2 Å². The third kappa shape index (κ3) is 3.35. The van der Waals surface area contributed by atoms with E-state index in [1.807, 2.05) is 0 Å². The molecule has 26 heavy (non-hydrogen) atoms. The zero-order valence-corrected chi connectivity index (χ0v) is 14.6. The minimum atomic E-state index is -0.892. The van der Waals surface area contributed by atoms with E-state index in [9.17, 15) is 19.5 Å². The maximum Gasteiger partial charge on any atom is 0.311 e. The largest absolute Gasteiger partial charge is 0.481 e. The molecule has 0 saturated carbocycles. The number of carbonyl (C=O) groups excluding carboxylic acids is 2. The molecule has 7 heteroatoms. The van der Waals surface area contributed by atoms with Gasteiger partial charge in [-0.1, -0.05) is 12.1 Å². The number of amides is 2. The standard InChI is InChI=1S/C19H22N2O5/c1-20-17(23)14-5-2-13(3-6-14)4-7-16(22)21-10-15-11-26-9-8-19(15,12-21)18(24)25/h2-7,15H,8-12H2,1H3,(H,20,23)(H,24,25)/b7-4+/t15-,19+/m0/s1. The summed E-state index contributed by atoms with van der Waals surface area (Å²) in [6, 6.07) is 6.88. The number of nitrogens with zero attached hydrogens (tertiary/aromatic N) is 1. The number of hydrogen-bond acceptors (Lipinski definition) is 4. The fraction of sp³-hybridized carbons (Fsp3) is 0.421. The van der Waals surface area contributed by atoms with Gasteiger partial charge in [0.1, 0.15) is 0 Å². The first-order chi connectivity index (χ1) is 12.5. The molecule has 2 fully saturated rings. The molecule has 3 rings (SSSR count). The zero-order chi connectivity index (χ0) is 18.7. The monoisotopic (exact) mass is 358 g/mol. The number of ether oxygens (including phenoxy) is 1. The lowest BCUT2D eigenvalue weighted by molar-refractivity contribution is -0.157. The van der Waals surface area contributed by atoms with E-state index < -0.39 is 11.4 Å². The van der Waals surface area contributed by atoms with Crippen LogP contribution >= 0.6 is 0 Å². The Hall–Kier alpha value is -2.67. The van der Waals surface area contributed by atoms with Gasteiger partial charge in [0.2, 0.25) is 5.91 Å². The Balaban J connectivity index is 1.67. The number of nitrogens with one attached hydrogen (secondary N) is 1. The summed E-state index contributed by atoms with van der Waals surface area (Å²) in [6.07, 6.45) is 3.55. The Morgan fingerprint density at radius 3 is 2.65 bits per heavy atom. The molecule has 2 N–H and O–H groups in total. The maximum absolute atomic E-state index is 12.5. The number of hydrogen-bond donors (Lipinski definition) is 2. The minimum Gasteiger partial charge on any atom is -0.481 e. The van der Waals surface area contributed by atoms with E-state index in [1.165, 1.54) is 6.08 Å². The van der Waals surface area contributed by atoms with Crippen LogP contribution in [0.25, 0.3) is 6.08 Å². The zero-order valence-electron chi connectivity index (χ0n) is 14.6. The lowest BCUT2D eigenvalue weighted by Gasteiger charge is -2.33. The van der Waals surface area contributed by atoms with Gasteiger partial charge in [0.15, 0.2) is 0 Å². The number of aliphatic carboxylic acids is 1. The van der Waals surface area contributed by atoms with E-state index >= 15 is 0 Å². The average molecular weight is 358 g/mol. The second-order valence-electron chi connectivity index (χ2n) is 6.74. The van der Waals surface area contributed by atoms with Crippen molar-refractivity contribution in [3.05, 3.63) is 41.5 Å². The third-order valence-corrected chi connectivity index (χ3v) is 5.26. The lowest BCUT2D eigenvalue weighted by atomic mass is 9.74. The molecule has 138 valence electrons. The van der Waals surface area contributed by atoms with Crippen molar-refractivity contribution >= 4 is 23.9 Å². The smallest absolute Gasteiger partial charge is 0.311 e. The second-order valence-corrected chi connectivity index (χ2v) is 6.74. The van der Waals surface area contributed by atoms with Crippen LogP contribution in [0.5, 0.6) is 0 Å². The van der Waals surface area contributed by atoms with Crippen LogP contribution in [-0.2, 0) is 14.3 Å². The van der Waals surface area contributed by atoms with Gasteiger partial charge in [0.05, 0.1) is 12.0 Å². The first kappa shape index (κ1) is 18.1. The summed E-state index contributed by atoms with van der Waals surface area (Å²) in [6.45, 7) is 1.40. The molecule has 2 heterocycles. The normalized spacial score (nSPS) is 25.1. The Morgan fingerprint density at radius 2 is 2.04 bits per heavy atom. The summed E-state index contributed by atoms with van der Waals surface area (Å²) in [4.78, 5) is 37.4. The topological polar surface area (TPSA) is 95.9 Å². The van der Waals surface area contributed by atoms with E-state index in [1.54, 1.807) is 42.3 Å². The Morgan fingerprint density at radius 1 is 1.31 bits per heavy atom. The average Bonchev–Trinajstić information content (AvgIpc) is 3.07. The van der Waals surface area contributed by atoms with Gasteiger partial charge in [0, 0.05) is 44.3 Å². The summed E-state index contributed by atoms with van der Waals surface area (Å²) in [5.74, 6) is -1.40. The van der Waals surface area contributed by atoms with Crippen molar-refractivity contribution < 1.29 is 24.2 Å². The molecule has 0 aromatic heterocycles. The summed E-state index contributed by atoms with van der Waals surface area (Å²) in [7, 11) is 1.57. The summed E-state index contributed by atoms with van der Waals surface area (Å²) in [5, 5.41) is 12.2. The van der Waals surface area contributed by atoms with Gasteiger partial charge >= 0.3 is 5.97 Å². The number of rotatable bonds is 4. The maximum atomic E-state index is 12.5. The first-order valence-electron chi connectivity index (χ1n) is 8.56. The van der Waals surface area contributed by atoms with Crippen LogP contribution in [-0.4, -0.2) is 61.1 Å². The van der Waals surface area contributed by atoms with Crippen molar-refractivity contribution in [3.8, 4) is 0 Å². The molecular formula is C19H22N2O5. The third-order valence-electron chi connectivity index (χ3n) is 5.26. The van der Waals surface area contributed by atoms with Crippen molar-refractivity contribution in [3.63, 3.8) is 0 Å². The highest BCUT2D eigenvalue weighted by Gasteiger charge is 2.54. The van der Waals surface area contributed by atoms with E-state index in [4.69, 9.17) is 4.74 Å². The molecule has 2 saturated heterocycles. The Kier molecular flexibility index (Phi) is 5.08. The highest BCUT2D eigenvalue weighted by Crippen LogP contribution is 2.42. The number of benzene rings is 1. The summed E-state index contributed by atoms with van der Waals surface area (Å²) < 4.78 is 5.40. The molecule has 0 bridgehead atoms. The van der Waals surface area contributed by atoms with Gasteiger partial charge in [-0.05, 0) is 30.2 Å². The van der Waals surface area contributed by atoms with Crippen molar-refractivity contribution in [2.24, 2.45) is 11.3 Å². The molecule has 2 atom stereocenters. The Labute approximate surface area is 151 Å². The van der Waals surface area contributed by atoms with Gasteiger partial charge < -0.3 is 20.1 Å². The fourth-order valence-electron chi connectivity index (χ4n) is 3.63. The van der Waals surface area contributed by atoms with Crippen LogP contribution in [0.1, 0.15) is 22.3 Å². The number of carbonyl (C=O) groups is 3. The number of carboxylic acids is 1. The summed E-state index contributed by atoms with van der Waals surface area (Å²) >= 11 is 0. The number of likely N-dealkylation sites (tertiary alicyclic amines) is 1. The SMILES string of the molecule is CNC(=O)c1ccc(/C=C/C(=O)N2C[C@H]3COCC[C@@]3(C(=O)O)C2)cc1. The molecule has 0 spiro atoms. The van der Waals surface area contributed by atoms with Crippen molar-refractivity contribution in [1.29, 1.82) is 0 Å². The molecule has 2 amide bonds. The van der Waals surface area contributed by atoms with E-state index in [2.05, 4.69) is 5.32 Å². The van der Waals surface area contributed by atoms with Gasteiger partial charge in [0.25, 0.3) is 5.91 Å². The van der Waals surface area contributed by atoms with E-state index in [-0.39, 0.29) is 24.3 Å². The second kappa shape index (κ2) is 7.29. The highest BCUT2D eigenvalue weighted by atomic mass is 16.5. The van der Waals surface area contributed by atoms with Crippen LogP contribution in [0.3, 0.4) is 0 Å². The lowest BCUT2D eigenvalue weighted by Crippen LogP contribution is -2.45. The molecule has 1 aromatic carbocycles. The molecule has 2 aliphatic rings. The predicted octanol–water partition coefficient (Wildman–Crippen LogP) is 1.01. The van der Waals surface area contributed by atoms with E-state index in [0.717, 1.165) is 5.56 Å². The molecular weight excluding hydrogens is 336 g/mol. The van der Waals surface area contributed by atoms with Crippen LogP contribution in [0.15, 0.2) is 30.3 Å². The van der Waals surface area contributed by atoms with Gasteiger partial charge in [-0.2, -0.15) is 0 Å². The van der Waals surface area contributed by atoms with E-state index in [0.29, 0.717) is 31.7 Å². The van der Waals surface area contributed by atoms with Crippen LogP contribution in [0.2, 0.25) is 0 Å². The van der Waals surface area contributed by atoms with Gasteiger partial charge in [-0.3, -0.25) is 14.4 Å². The Bertz CT molecular complexity index is 743. The highest BCUT2D eigenvalue weighted by molar-refractivity contribution is 5.95.